The second kappa shape index (κ2) is 15.6. The zero-order chi connectivity index (χ0) is 27.7. The summed E-state index contributed by atoms with van der Waals surface area (Å²) in [7, 11) is 3.00. The Kier molecular flexibility index (Phi) is 12.9. The van der Waals surface area contributed by atoms with E-state index in [1.54, 1.807) is 0 Å². The first-order valence-electron chi connectivity index (χ1n) is 15.7. The second-order valence-electron chi connectivity index (χ2n) is 12.7. The Morgan fingerprint density at radius 1 is 0.632 bits per heavy atom. The standard InChI is InChI=1S/C32H56O6/c1-7-9-15-37-29-19-23(11-13-25(29)31(33)35-5)27-17-22(4)28(18-21(27)3)24-12-14-26(32(34)36-6)30(20-24)38-16-10-8-2/h21-30H,7-20H2,1-6H3. The fraction of sp³-hybridized carbons (Fsp3) is 0.938. The van der Waals surface area contributed by atoms with Crippen LogP contribution >= 0.6 is 0 Å². The summed E-state index contributed by atoms with van der Waals surface area (Å²) in [4.78, 5) is 25.0. The van der Waals surface area contributed by atoms with Crippen molar-refractivity contribution >= 4 is 11.9 Å². The maximum Gasteiger partial charge on any atom is 0.311 e. The molecule has 0 heterocycles. The Morgan fingerprint density at radius 2 is 1.03 bits per heavy atom. The van der Waals surface area contributed by atoms with Gasteiger partial charge in [-0.3, -0.25) is 9.59 Å². The van der Waals surface area contributed by atoms with Gasteiger partial charge in [-0.2, -0.15) is 0 Å². The number of unbranched alkanes of at least 4 members (excludes halogenated alkanes) is 2. The van der Waals surface area contributed by atoms with Gasteiger partial charge in [0.05, 0.1) is 38.3 Å². The summed E-state index contributed by atoms with van der Waals surface area (Å²) < 4.78 is 22.9. The van der Waals surface area contributed by atoms with Gasteiger partial charge < -0.3 is 18.9 Å². The summed E-state index contributed by atoms with van der Waals surface area (Å²) in [6, 6.07) is 0. The highest BCUT2D eigenvalue weighted by atomic mass is 16.5. The highest BCUT2D eigenvalue weighted by molar-refractivity contribution is 5.73. The highest BCUT2D eigenvalue weighted by Crippen LogP contribution is 2.51. The summed E-state index contributed by atoms with van der Waals surface area (Å²) in [5, 5.41) is 0. The van der Waals surface area contributed by atoms with Gasteiger partial charge in [-0.25, -0.2) is 0 Å². The van der Waals surface area contributed by atoms with Gasteiger partial charge in [-0.05, 0) is 99.7 Å². The van der Waals surface area contributed by atoms with Crippen molar-refractivity contribution < 1.29 is 28.5 Å². The van der Waals surface area contributed by atoms with E-state index in [0.29, 0.717) is 35.5 Å². The van der Waals surface area contributed by atoms with E-state index < -0.39 is 0 Å². The Hall–Kier alpha value is -1.14. The van der Waals surface area contributed by atoms with Gasteiger partial charge in [0, 0.05) is 13.2 Å². The third-order valence-electron chi connectivity index (χ3n) is 10.3. The Bertz CT molecular complexity index is 665. The first kappa shape index (κ1) is 31.4. The van der Waals surface area contributed by atoms with Crippen molar-refractivity contribution in [3.8, 4) is 0 Å². The van der Waals surface area contributed by atoms with Crippen molar-refractivity contribution in [3.05, 3.63) is 0 Å². The SMILES string of the molecule is CCCCOC1CC(C2CC(C)C(C3CCC(C(=O)OC)C(OCCCC)C3)CC2C)CCC1C(=O)OC. The average molecular weight is 537 g/mol. The van der Waals surface area contributed by atoms with Gasteiger partial charge in [0.15, 0.2) is 0 Å². The number of methoxy groups -OCH3 is 2. The fourth-order valence-electron chi connectivity index (χ4n) is 8.05. The molecule has 0 saturated heterocycles. The van der Waals surface area contributed by atoms with Gasteiger partial charge in [-0.15, -0.1) is 0 Å². The van der Waals surface area contributed by atoms with E-state index in [1.165, 1.54) is 27.1 Å². The lowest BCUT2D eigenvalue weighted by atomic mass is 9.58. The van der Waals surface area contributed by atoms with E-state index in [2.05, 4.69) is 27.7 Å². The van der Waals surface area contributed by atoms with Crippen LogP contribution in [-0.2, 0) is 28.5 Å². The maximum atomic E-state index is 12.5. The molecule has 220 valence electrons. The summed E-state index contributed by atoms with van der Waals surface area (Å²) in [6.45, 7) is 10.7. The smallest absolute Gasteiger partial charge is 0.311 e. The second-order valence-corrected chi connectivity index (χ2v) is 12.7. The molecule has 0 aromatic heterocycles. The van der Waals surface area contributed by atoms with Gasteiger partial charge in [0.25, 0.3) is 0 Å². The zero-order valence-corrected chi connectivity index (χ0v) is 25.1. The van der Waals surface area contributed by atoms with Crippen LogP contribution in [-0.4, -0.2) is 51.6 Å². The van der Waals surface area contributed by atoms with Crippen LogP contribution in [0.5, 0.6) is 0 Å². The van der Waals surface area contributed by atoms with Gasteiger partial charge >= 0.3 is 11.9 Å². The van der Waals surface area contributed by atoms with Crippen molar-refractivity contribution in [2.24, 2.45) is 47.3 Å². The lowest BCUT2D eigenvalue weighted by Gasteiger charge is -2.49. The topological polar surface area (TPSA) is 71.1 Å². The average Bonchev–Trinajstić information content (AvgIpc) is 2.93. The van der Waals surface area contributed by atoms with Crippen LogP contribution in [0.25, 0.3) is 0 Å². The summed E-state index contributed by atoms with van der Waals surface area (Å²) in [5.74, 6) is 3.46. The molecular formula is C32H56O6. The van der Waals surface area contributed by atoms with Gasteiger partial charge in [0.1, 0.15) is 0 Å². The zero-order valence-electron chi connectivity index (χ0n) is 25.1. The first-order valence-corrected chi connectivity index (χ1v) is 15.7. The van der Waals surface area contributed by atoms with Crippen LogP contribution in [0.3, 0.4) is 0 Å². The van der Waals surface area contributed by atoms with E-state index in [4.69, 9.17) is 18.9 Å². The lowest BCUT2D eigenvalue weighted by Crippen LogP contribution is -2.45. The third kappa shape index (κ3) is 7.96. The molecule has 3 fully saturated rings. The largest absolute Gasteiger partial charge is 0.469 e. The Labute approximate surface area is 232 Å². The highest BCUT2D eigenvalue weighted by Gasteiger charge is 2.46. The third-order valence-corrected chi connectivity index (χ3v) is 10.3. The molecule has 3 saturated carbocycles. The van der Waals surface area contributed by atoms with Crippen LogP contribution in [0.1, 0.15) is 105 Å². The van der Waals surface area contributed by atoms with Crippen LogP contribution in [0.4, 0.5) is 0 Å². The molecule has 0 bridgehead atoms. The van der Waals surface area contributed by atoms with Crippen LogP contribution < -0.4 is 0 Å². The maximum absolute atomic E-state index is 12.5. The summed E-state index contributed by atoms with van der Waals surface area (Å²) in [5.41, 5.74) is 0. The minimum atomic E-state index is -0.119. The summed E-state index contributed by atoms with van der Waals surface area (Å²) >= 11 is 0. The molecule has 10 unspecified atom stereocenters. The van der Waals surface area contributed by atoms with Crippen LogP contribution in [0.15, 0.2) is 0 Å². The van der Waals surface area contributed by atoms with E-state index in [0.717, 1.165) is 77.4 Å². The molecule has 0 aliphatic heterocycles. The van der Waals surface area contributed by atoms with Crippen molar-refractivity contribution in [3.63, 3.8) is 0 Å². The number of ether oxygens (including phenoxy) is 4. The van der Waals surface area contributed by atoms with Crippen molar-refractivity contribution in [2.45, 2.75) is 117 Å². The van der Waals surface area contributed by atoms with E-state index in [9.17, 15) is 9.59 Å². The van der Waals surface area contributed by atoms with Crippen LogP contribution in [0, 0.1) is 47.3 Å². The number of esters is 2. The molecule has 38 heavy (non-hydrogen) atoms. The molecule has 0 N–H and O–H groups in total. The fourth-order valence-corrected chi connectivity index (χ4v) is 8.05. The van der Waals surface area contributed by atoms with E-state index in [-0.39, 0.29) is 36.0 Å². The molecule has 6 heteroatoms. The van der Waals surface area contributed by atoms with Gasteiger partial charge in [0.2, 0.25) is 0 Å². The molecule has 3 rings (SSSR count). The van der Waals surface area contributed by atoms with E-state index >= 15 is 0 Å². The Balaban J connectivity index is 1.62. The van der Waals surface area contributed by atoms with Crippen LogP contribution in [0.2, 0.25) is 0 Å². The molecule has 0 radical (unpaired) electrons. The number of hydrogen-bond donors (Lipinski definition) is 0. The molecule has 10 atom stereocenters. The molecule has 0 amide bonds. The molecule has 0 spiro atoms. The number of hydrogen-bond acceptors (Lipinski definition) is 6. The quantitative estimate of drug-likeness (QED) is 0.201. The Morgan fingerprint density at radius 3 is 1.37 bits per heavy atom. The van der Waals surface area contributed by atoms with Gasteiger partial charge in [-0.1, -0.05) is 40.5 Å². The lowest BCUT2D eigenvalue weighted by molar-refractivity contribution is -0.157. The molecule has 6 nitrogen and oxygen atoms in total. The number of carbonyl (C=O) groups is 2. The molecule has 3 aliphatic carbocycles. The molecule has 0 aromatic rings. The minimum absolute atomic E-state index is 0.0115. The number of rotatable bonds is 12. The minimum Gasteiger partial charge on any atom is -0.469 e. The van der Waals surface area contributed by atoms with Crippen molar-refractivity contribution in [2.75, 3.05) is 27.4 Å². The van der Waals surface area contributed by atoms with Crippen molar-refractivity contribution in [1.82, 2.24) is 0 Å². The first-order chi connectivity index (χ1) is 18.3. The molecule has 3 aliphatic rings. The molecule has 0 aromatic carbocycles. The predicted octanol–water partition coefficient (Wildman–Crippen LogP) is 6.83. The monoisotopic (exact) mass is 536 g/mol. The van der Waals surface area contributed by atoms with Crippen molar-refractivity contribution in [1.29, 1.82) is 0 Å². The number of carbonyl (C=O) groups excluding carboxylic acids is 2. The summed E-state index contributed by atoms with van der Waals surface area (Å²) in [6.07, 6.45) is 12.7. The normalized spacial score (nSPS) is 37.9. The molecular weight excluding hydrogens is 480 g/mol. The predicted molar refractivity (Wildman–Crippen MR) is 150 cm³/mol. The van der Waals surface area contributed by atoms with E-state index in [1.807, 2.05) is 0 Å².